The van der Waals surface area contributed by atoms with Gasteiger partial charge in [0, 0.05) is 18.9 Å². The standard InChI is InChI=1S/C34H44F6O5/c1-7-31(8-2,28-16-17-29(25(5)22-28)44-20-12-10-11-13-30(41)43-9-3)27-15-14-26(24(4)21-27)18-19-32(33(35,36)37,34(38,39)40)45-23-42-6/h14-19,21-22H,7-13,20,23H2,1-6H3. The van der Waals surface area contributed by atoms with E-state index in [0.29, 0.717) is 38.0 Å². The fourth-order valence-electron chi connectivity index (χ4n) is 5.39. The van der Waals surface area contributed by atoms with Crippen LogP contribution in [0.4, 0.5) is 26.3 Å². The summed E-state index contributed by atoms with van der Waals surface area (Å²) in [7, 11) is 0.943. The zero-order chi connectivity index (χ0) is 33.9. The molecule has 0 saturated heterocycles. The van der Waals surface area contributed by atoms with Crippen molar-refractivity contribution in [3.05, 3.63) is 70.3 Å². The number of alkyl halides is 6. The SMILES string of the molecule is CCOC(=O)CCCCCOc1ccc(C(CC)(CC)c2ccc(C=CC(OCOC)(C(F)(F)F)C(F)(F)F)c(C)c2)cc1C. The number of halogens is 6. The predicted molar refractivity (Wildman–Crippen MR) is 161 cm³/mol. The first-order valence-electron chi connectivity index (χ1n) is 15.1. The summed E-state index contributed by atoms with van der Waals surface area (Å²) in [5.74, 6) is 0.550. The zero-order valence-corrected chi connectivity index (χ0v) is 26.8. The molecule has 0 saturated carbocycles. The molecule has 2 rings (SSSR count). The minimum atomic E-state index is -5.77. The number of unbranched alkanes of at least 4 members (excludes halogenated alkanes) is 2. The molecule has 0 aliphatic heterocycles. The van der Waals surface area contributed by atoms with Gasteiger partial charge in [-0.1, -0.05) is 50.3 Å². The fraction of sp³-hybridized carbons (Fsp3) is 0.559. The lowest BCUT2D eigenvalue weighted by atomic mass is 9.70. The third kappa shape index (κ3) is 9.25. The van der Waals surface area contributed by atoms with Gasteiger partial charge in [-0.2, -0.15) is 26.3 Å². The fourth-order valence-corrected chi connectivity index (χ4v) is 5.39. The second-order valence-corrected chi connectivity index (χ2v) is 10.9. The number of methoxy groups -OCH3 is 1. The number of hydrogen-bond donors (Lipinski definition) is 0. The number of benzene rings is 2. The number of rotatable bonds is 17. The van der Waals surface area contributed by atoms with Crippen LogP contribution in [0.15, 0.2) is 42.5 Å². The van der Waals surface area contributed by atoms with Gasteiger partial charge < -0.3 is 18.9 Å². The van der Waals surface area contributed by atoms with Crippen molar-refractivity contribution in [3.8, 4) is 5.75 Å². The summed E-state index contributed by atoms with van der Waals surface area (Å²) >= 11 is 0. The summed E-state index contributed by atoms with van der Waals surface area (Å²) in [4.78, 5) is 11.5. The summed E-state index contributed by atoms with van der Waals surface area (Å²) in [6.07, 6.45) is -6.59. The van der Waals surface area contributed by atoms with E-state index in [4.69, 9.17) is 9.47 Å². The van der Waals surface area contributed by atoms with Gasteiger partial charge in [-0.15, -0.1) is 0 Å². The van der Waals surface area contributed by atoms with Crippen molar-refractivity contribution in [2.75, 3.05) is 27.1 Å². The van der Waals surface area contributed by atoms with Gasteiger partial charge in [0.05, 0.1) is 13.2 Å². The lowest BCUT2D eigenvalue weighted by molar-refractivity contribution is -0.372. The van der Waals surface area contributed by atoms with Crippen LogP contribution in [0.3, 0.4) is 0 Å². The molecule has 252 valence electrons. The number of ether oxygens (including phenoxy) is 4. The third-order valence-electron chi connectivity index (χ3n) is 8.09. The maximum atomic E-state index is 13.8. The van der Waals surface area contributed by atoms with Crippen molar-refractivity contribution < 1.29 is 50.1 Å². The zero-order valence-electron chi connectivity index (χ0n) is 26.8. The van der Waals surface area contributed by atoms with Gasteiger partial charge >= 0.3 is 18.3 Å². The number of carbonyl (C=O) groups is 1. The average molecular weight is 647 g/mol. The summed E-state index contributed by atoms with van der Waals surface area (Å²) in [5, 5.41) is 0. The summed E-state index contributed by atoms with van der Waals surface area (Å²) < 4.78 is 102. The van der Waals surface area contributed by atoms with Crippen molar-refractivity contribution in [1.29, 1.82) is 0 Å². The lowest BCUT2D eigenvalue weighted by Crippen LogP contribution is -2.57. The smallest absolute Gasteiger partial charge is 0.430 e. The molecular formula is C34H44F6O5. The van der Waals surface area contributed by atoms with Crippen molar-refractivity contribution >= 4 is 12.0 Å². The van der Waals surface area contributed by atoms with E-state index in [1.54, 1.807) is 19.9 Å². The molecule has 0 fully saturated rings. The van der Waals surface area contributed by atoms with E-state index in [-0.39, 0.29) is 17.6 Å². The molecule has 0 aliphatic carbocycles. The Morgan fingerprint density at radius 3 is 1.93 bits per heavy atom. The molecule has 2 aromatic carbocycles. The van der Waals surface area contributed by atoms with E-state index in [1.807, 2.05) is 39.0 Å². The van der Waals surface area contributed by atoms with Gasteiger partial charge in [0.15, 0.2) is 0 Å². The van der Waals surface area contributed by atoms with Crippen LogP contribution < -0.4 is 4.74 Å². The molecule has 0 amide bonds. The average Bonchev–Trinajstić information content (AvgIpc) is 2.96. The summed E-state index contributed by atoms with van der Waals surface area (Å²) in [5.41, 5.74) is -1.41. The van der Waals surface area contributed by atoms with Crippen molar-refractivity contribution in [1.82, 2.24) is 0 Å². The van der Waals surface area contributed by atoms with Gasteiger partial charge in [-0.05, 0) is 92.8 Å². The van der Waals surface area contributed by atoms with Crippen LogP contribution in [0.5, 0.6) is 5.75 Å². The Balaban J connectivity index is 2.30. The third-order valence-corrected chi connectivity index (χ3v) is 8.09. The van der Waals surface area contributed by atoms with Crippen LogP contribution in [0.1, 0.15) is 87.1 Å². The highest BCUT2D eigenvalue weighted by Crippen LogP contribution is 2.47. The molecule has 2 aromatic rings. The van der Waals surface area contributed by atoms with Gasteiger partial charge in [0.1, 0.15) is 12.5 Å². The Kier molecular flexibility index (Phi) is 14.0. The number of carbonyl (C=O) groups excluding carboxylic acids is 1. The molecule has 5 nitrogen and oxygen atoms in total. The van der Waals surface area contributed by atoms with Gasteiger partial charge in [0.2, 0.25) is 0 Å². The molecule has 0 aliphatic rings. The molecule has 0 N–H and O–H groups in total. The molecule has 0 bridgehead atoms. The van der Waals surface area contributed by atoms with E-state index < -0.39 is 30.2 Å². The van der Waals surface area contributed by atoms with Crippen LogP contribution in [-0.4, -0.2) is 51.0 Å². The molecule has 11 heteroatoms. The molecule has 0 unspecified atom stereocenters. The quantitative estimate of drug-likeness (QED) is 0.0742. The Morgan fingerprint density at radius 1 is 0.822 bits per heavy atom. The molecular weight excluding hydrogens is 602 g/mol. The van der Waals surface area contributed by atoms with E-state index in [9.17, 15) is 31.1 Å². The maximum Gasteiger partial charge on any atom is 0.430 e. The topological polar surface area (TPSA) is 54.0 Å². The summed E-state index contributed by atoms with van der Waals surface area (Å²) in [6, 6.07) is 11.0. The first-order chi connectivity index (χ1) is 21.1. The molecule has 0 radical (unpaired) electrons. The lowest BCUT2D eigenvalue weighted by Gasteiger charge is -2.35. The largest absolute Gasteiger partial charge is 0.493 e. The normalized spacial score (nSPS) is 13.0. The van der Waals surface area contributed by atoms with Crippen LogP contribution in [0.25, 0.3) is 6.08 Å². The van der Waals surface area contributed by atoms with Gasteiger partial charge in [-0.25, -0.2) is 0 Å². The van der Waals surface area contributed by atoms with E-state index >= 15 is 0 Å². The minimum absolute atomic E-state index is 0.00338. The highest BCUT2D eigenvalue weighted by molar-refractivity contribution is 5.69. The van der Waals surface area contributed by atoms with Crippen LogP contribution >= 0.6 is 0 Å². The number of hydrogen-bond acceptors (Lipinski definition) is 5. The van der Waals surface area contributed by atoms with Crippen LogP contribution in [0, 0.1) is 13.8 Å². The van der Waals surface area contributed by atoms with Gasteiger partial charge in [-0.3, -0.25) is 4.79 Å². The van der Waals surface area contributed by atoms with Crippen LogP contribution in [-0.2, 0) is 24.4 Å². The predicted octanol–water partition coefficient (Wildman–Crippen LogP) is 9.41. The van der Waals surface area contributed by atoms with E-state index in [2.05, 4.69) is 15.5 Å². The Labute approximate surface area is 261 Å². The molecule has 0 aromatic heterocycles. The maximum absolute atomic E-state index is 13.8. The Bertz CT molecular complexity index is 1250. The number of esters is 1. The molecule has 45 heavy (non-hydrogen) atoms. The van der Waals surface area contributed by atoms with Crippen molar-refractivity contribution in [2.24, 2.45) is 0 Å². The molecule has 0 spiro atoms. The highest BCUT2D eigenvalue weighted by atomic mass is 19.4. The molecule has 0 atom stereocenters. The molecule has 0 heterocycles. The van der Waals surface area contributed by atoms with E-state index in [0.717, 1.165) is 54.9 Å². The minimum Gasteiger partial charge on any atom is -0.493 e. The Hall–Kier alpha value is -3.05. The Morgan fingerprint density at radius 2 is 1.42 bits per heavy atom. The van der Waals surface area contributed by atoms with Gasteiger partial charge in [0.25, 0.3) is 5.60 Å². The monoisotopic (exact) mass is 646 g/mol. The highest BCUT2D eigenvalue weighted by Gasteiger charge is 2.71. The van der Waals surface area contributed by atoms with E-state index in [1.165, 1.54) is 6.07 Å². The second kappa shape index (κ2) is 16.5. The van der Waals surface area contributed by atoms with Crippen LogP contribution in [0.2, 0.25) is 0 Å². The second-order valence-electron chi connectivity index (χ2n) is 10.9. The van der Waals surface area contributed by atoms with Crippen molar-refractivity contribution in [2.45, 2.75) is 96.5 Å². The number of aryl methyl sites for hydroxylation is 2. The summed E-state index contributed by atoms with van der Waals surface area (Å²) in [6.45, 7) is 9.13. The first-order valence-corrected chi connectivity index (χ1v) is 15.1. The first kappa shape index (κ1) is 38.1. The van der Waals surface area contributed by atoms with Crippen molar-refractivity contribution in [3.63, 3.8) is 0 Å².